The smallest absolute Gasteiger partial charge is 0.258 e. The fourth-order valence-corrected chi connectivity index (χ4v) is 3.42. The lowest BCUT2D eigenvalue weighted by Gasteiger charge is -2.13. The Bertz CT molecular complexity index is 1220. The number of nitrogens with zero attached hydrogens (tertiary/aromatic N) is 3. The number of rotatable bonds is 4. The fourth-order valence-electron chi connectivity index (χ4n) is 3.24. The lowest BCUT2D eigenvalue weighted by molar-refractivity contribution is 0.0976. The van der Waals surface area contributed by atoms with E-state index in [4.69, 9.17) is 21.1 Å². The molecule has 2 heterocycles. The molecule has 8 nitrogen and oxygen atoms in total. The Balaban J connectivity index is 1.60. The second kappa shape index (κ2) is 8.88. The van der Waals surface area contributed by atoms with Crippen LogP contribution in [-0.4, -0.2) is 28.4 Å². The summed E-state index contributed by atoms with van der Waals surface area (Å²) in [6.45, 7) is 4.24. The van der Waals surface area contributed by atoms with E-state index in [0.717, 1.165) is 17.0 Å². The Morgan fingerprint density at radius 3 is 2.72 bits per heavy atom. The number of carbonyl (C=O) groups is 1. The minimum atomic E-state index is -0.540. The summed E-state index contributed by atoms with van der Waals surface area (Å²) in [6, 6.07) is 9.05. The first-order valence-corrected chi connectivity index (χ1v) is 10.2. The van der Waals surface area contributed by atoms with E-state index in [0.29, 0.717) is 22.7 Å². The van der Waals surface area contributed by atoms with E-state index in [2.05, 4.69) is 20.7 Å². The molecular formula is C22H21ClFN5O3. The van der Waals surface area contributed by atoms with Gasteiger partial charge in [-0.05, 0) is 50.2 Å². The maximum atomic E-state index is 13.5. The molecule has 0 fully saturated rings. The highest BCUT2D eigenvalue weighted by atomic mass is 35.5. The van der Waals surface area contributed by atoms with Crippen LogP contribution in [0, 0.1) is 19.7 Å². The number of anilines is 1. The number of aromatic nitrogens is 2. The molecule has 10 heteroatoms. The monoisotopic (exact) mass is 457 g/mol. The molecule has 32 heavy (non-hydrogen) atoms. The average Bonchev–Trinajstić information content (AvgIpc) is 3.32. The average molecular weight is 458 g/mol. The van der Waals surface area contributed by atoms with Gasteiger partial charge in [0.25, 0.3) is 5.91 Å². The standard InChI is InChI=1S/C22H21ClFN5O3/c1-12-16(13(2)29(3)28-12)10-25-22(26-15-5-6-18(24)17(23)9-15)27-21(30)14-4-7-19-20(8-14)32-11-31-19/h4-9H,10-11H2,1-3H3,(H2,25,26,27,30). The van der Waals surface area contributed by atoms with Crippen LogP contribution in [0.2, 0.25) is 5.02 Å². The summed E-state index contributed by atoms with van der Waals surface area (Å²) < 4.78 is 25.9. The van der Waals surface area contributed by atoms with Crippen LogP contribution in [0.4, 0.5) is 10.1 Å². The van der Waals surface area contributed by atoms with Gasteiger partial charge in [0.2, 0.25) is 12.8 Å². The molecule has 2 aromatic carbocycles. The molecule has 166 valence electrons. The molecule has 0 atom stereocenters. The van der Waals surface area contributed by atoms with Crippen molar-refractivity contribution >= 4 is 29.2 Å². The SMILES string of the molecule is Cc1nn(C)c(C)c1CN=C(NC(=O)c1ccc2c(c1)OCO2)Nc1ccc(F)c(Cl)c1. The Hall–Kier alpha value is -3.59. The number of carbonyl (C=O) groups excluding carboxylic acids is 1. The molecule has 0 radical (unpaired) electrons. The van der Waals surface area contributed by atoms with Crippen LogP contribution < -0.4 is 20.1 Å². The maximum absolute atomic E-state index is 13.5. The molecule has 1 aliphatic heterocycles. The van der Waals surface area contributed by atoms with Crippen molar-refractivity contribution in [3.05, 3.63) is 69.8 Å². The number of guanidine groups is 1. The Labute approximate surface area is 189 Å². The normalized spacial score (nSPS) is 12.7. The Morgan fingerprint density at radius 2 is 2.00 bits per heavy atom. The van der Waals surface area contributed by atoms with E-state index in [-0.39, 0.29) is 24.3 Å². The molecular weight excluding hydrogens is 437 g/mol. The number of hydrogen-bond donors (Lipinski definition) is 2. The number of halogens is 2. The minimum Gasteiger partial charge on any atom is -0.454 e. The van der Waals surface area contributed by atoms with Crippen molar-refractivity contribution in [2.75, 3.05) is 12.1 Å². The molecule has 4 rings (SSSR count). The Morgan fingerprint density at radius 1 is 1.22 bits per heavy atom. The molecule has 1 aromatic heterocycles. The second-order valence-corrected chi connectivity index (χ2v) is 7.62. The zero-order chi connectivity index (χ0) is 22.8. The summed E-state index contributed by atoms with van der Waals surface area (Å²) in [5, 5.41) is 10.1. The van der Waals surface area contributed by atoms with Gasteiger partial charge in [0.1, 0.15) is 5.82 Å². The fraction of sp³-hybridized carbons (Fsp3) is 0.227. The van der Waals surface area contributed by atoms with E-state index < -0.39 is 11.7 Å². The highest BCUT2D eigenvalue weighted by Crippen LogP contribution is 2.32. The summed E-state index contributed by atoms with van der Waals surface area (Å²) in [4.78, 5) is 17.4. The van der Waals surface area contributed by atoms with Gasteiger partial charge in [-0.25, -0.2) is 9.38 Å². The van der Waals surface area contributed by atoms with E-state index in [9.17, 15) is 9.18 Å². The number of ether oxygens (including phenoxy) is 2. The zero-order valence-corrected chi connectivity index (χ0v) is 18.5. The minimum absolute atomic E-state index is 0.0459. The topological polar surface area (TPSA) is 89.8 Å². The summed E-state index contributed by atoms with van der Waals surface area (Å²) in [5.41, 5.74) is 3.61. The molecule has 1 amide bonds. The third-order valence-electron chi connectivity index (χ3n) is 5.10. The van der Waals surface area contributed by atoms with Gasteiger partial charge >= 0.3 is 0 Å². The van der Waals surface area contributed by atoms with Crippen LogP contribution >= 0.6 is 11.6 Å². The van der Waals surface area contributed by atoms with E-state index in [1.54, 1.807) is 22.9 Å². The van der Waals surface area contributed by atoms with Crippen molar-refractivity contribution in [1.29, 1.82) is 0 Å². The van der Waals surface area contributed by atoms with Gasteiger partial charge in [0.15, 0.2) is 11.5 Å². The van der Waals surface area contributed by atoms with Crippen LogP contribution in [0.1, 0.15) is 27.3 Å². The summed E-state index contributed by atoms with van der Waals surface area (Å²) >= 11 is 5.89. The van der Waals surface area contributed by atoms with Crippen molar-refractivity contribution in [2.24, 2.45) is 12.0 Å². The first-order chi connectivity index (χ1) is 15.3. The number of fused-ring (bicyclic) bond motifs is 1. The molecule has 1 aliphatic rings. The number of nitrogens with one attached hydrogen (secondary N) is 2. The van der Waals surface area contributed by atoms with Crippen LogP contribution in [0.3, 0.4) is 0 Å². The molecule has 0 saturated heterocycles. The number of hydrogen-bond acceptors (Lipinski definition) is 5. The number of aliphatic imine (C=N–C) groups is 1. The predicted molar refractivity (Wildman–Crippen MR) is 119 cm³/mol. The van der Waals surface area contributed by atoms with Crippen LogP contribution in [-0.2, 0) is 13.6 Å². The van der Waals surface area contributed by atoms with Gasteiger partial charge < -0.3 is 14.8 Å². The molecule has 3 aromatic rings. The maximum Gasteiger partial charge on any atom is 0.258 e. The molecule has 0 spiro atoms. The summed E-state index contributed by atoms with van der Waals surface area (Å²) in [6.07, 6.45) is 0. The van der Waals surface area contributed by atoms with Gasteiger partial charge in [0, 0.05) is 29.6 Å². The van der Waals surface area contributed by atoms with Gasteiger partial charge in [-0.15, -0.1) is 0 Å². The predicted octanol–water partition coefficient (Wildman–Crippen LogP) is 3.96. The van der Waals surface area contributed by atoms with Gasteiger partial charge in [-0.2, -0.15) is 5.10 Å². The summed E-state index contributed by atoms with van der Waals surface area (Å²) in [5.74, 6) is 0.315. The lowest BCUT2D eigenvalue weighted by Crippen LogP contribution is -2.36. The quantitative estimate of drug-likeness (QED) is 0.457. The molecule has 0 bridgehead atoms. The van der Waals surface area contributed by atoms with Gasteiger partial charge in [0.05, 0.1) is 17.3 Å². The van der Waals surface area contributed by atoms with Crippen LogP contribution in [0.5, 0.6) is 11.5 Å². The highest BCUT2D eigenvalue weighted by Gasteiger charge is 2.18. The van der Waals surface area contributed by atoms with Crippen molar-refractivity contribution in [1.82, 2.24) is 15.1 Å². The van der Waals surface area contributed by atoms with E-state index in [1.165, 1.54) is 18.2 Å². The highest BCUT2D eigenvalue weighted by molar-refractivity contribution is 6.31. The Kier molecular flexibility index (Phi) is 6.00. The van der Waals surface area contributed by atoms with Crippen molar-refractivity contribution in [3.8, 4) is 11.5 Å². The first-order valence-electron chi connectivity index (χ1n) is 9.78. The van der Waals surface area contributed by atoms with Crippen molar-refractivity contribution < 1.29 is 18.7 Å². The van der Waals surface area contributed by atoms with E-state index >= 15 is 0 Å². The number of aryl methyl sites for hydroxylation is 2. The third kappa shape index (κ3) is 4.52. The van der Waals surface area contributed by atoms with E-state index in [1.807, 2.05) is 20.9 Å². The van der Waals surface area contributed by atoms with Gasteiger partial charge in [-0.3, -0.25) is 14.8 Å². The molecule has 2 N–H and O–H groups in total. The van der Waals surface area contributed by atoms with Crippen molar-refractivity contribution in [3.63, 3.8) is 0 Å². The molecule has 0 unspecified atom stereocenters. The van der Waals surface area contributed by atoms with Crippen LogP contribution in [0.25, 0.3) is 0 Å². The number of amides is 1. The van der Waals surface area contributed by atoms with Gasteiger partial charge in [-0.1, -0.05) is 11.6 Å². The lowest BCUT2D eigenvalue weighted by atomic mass is 10.2. The number of benzene rings is 2. The van der Waals surface area contributed by atoms with Crippen molar-refractivity contribution in [2.45, 2.75) is 20.4 Å². The second-order valence-electron chi connectivity index (χ2n) is 7.21. The molecule has 0 saturated carbocycles. The first kappa shape index (κ1) is 21.6. The largest absolute Gasteiger partial charge is 0.454 e. The third-order valence-corrected chi connectivity index (χ3v) is 5.39. The molecule has 0 aliphatic carbocycles. The zero-order valence-electron chi connectivity index (χ0n) is 17.7. The summed E-state index contributed by atoms with van der Waals surface area (Å²) in [7, 11) is 1.86. The van der Waals surface area contributed by atoms with Crippen LogP contribution in [0.15, 0.2) is 41.4 Å².